The predicted octanol–water partition coefficient (Wildman–Crippen LogP) is 1.20. The molecule has 26 heavy (non-hydrogen) atoms. The summed E-state index contributed by atoms with van der Waals surface area (Å²) in [5, 5.41) is 0. The molecular formula is C17H15FN4O4. The first-order valence-corrected chi connectivity index (χ1v) is 8.10. The molecule has 0 unspecified atom stereocenters. The molecule has 0 saturated carbocycles. The van der Waals surface area contributed by atoms with Crippen LogP contribution in [0.2, 0.25) is 0 Å². The molecule has 1 fully saturated rings. The van der Waals surface area contributed by atoms with Crippen LogP contribution >= 0.6 is 0 Å². The fourth-order valence-corrected chi connectivity index (χ4v) is 2.96. The van der Waals surface area contributed by atoms with Crippen molar-refractivity contribution in [2.45, 2.75) is 19.1 Å². The smallest absolute Gasteiger partial charge is 0.420 e. The highest BCUT2D eigenvalue weighted by atomic mass is 19.1. The van der Waals surface area contributed by atoms with Crippen LogP contribution in [0.1, 0.15) is 6.42 Å². The molecule has 1 saturated heterocycles. The van der Waals surface area contributed by atoms with Crippen LogP contribution in [0.3, 0.4) is 0 Å². The molecule has 0 radical (unpaired) electrons. The monoisotopic (exact) mass is 358 g/mol. The number of carbonyl (C=O) groups excluding carboxylic acids is 1. The third kappa shape index (κ3) is 3.15. The van der Waals surface area contributed by atoms with Crippen LogP contribution in [0.5, 0.6) is 6.01 Å². The van der Waals surface area contributed by atoms with Gasteiger partial charge in [-0.15, -0.1) is 0 Å². The first kappa shape index (κ1) is 16.2. The van der Waals surface area contributed by atoms with Crippen molar-refractivity contribution in [1.82, 2.24) is 19.4 Å². The molecule has 134 valence electrons. The van der Waals surface area contributed by atoms with Gasteiger partial charge in [0.2, 0.25) is 5.91 Å². The van der Waals surface area contributed by atoms with E-state index in [1.54, 1.807) is 29.2 Å². The van der Waals surface area contributed by atoms with Crippen molar-refractivity contribution in [3.63, 3.8) is 0 Å². The lowest BCUT2D eigenvalue weighted by atomic mass is 10.3. The summed E-state index contributed by atoms with van der Waals surface area (Å²) < 4.78 is 24.8. The summed E-state index contributed by atoms with van der Waals surface area (Å²) in [6, 6.07) is 7.02. The fraction of sp³-hybridized carbons (Fsp3) is 0.294. The third-order valence-electron chi connectivity index (χ3n) is 4.23. The van der Waals surface area contributed by atoms with Gasteiger partial charge in [-0.05, 0) is 12.1 Å². The average Bonchev–Trinajstić information content (AvgIpc) is 3.22. The van der Waals surface area contributed by atoms with Crippen LogP contribution in [0, 0.1) is 5.82 Å². The Morgan fingerprint density at radius 3 is 2.88 bits per heavy atom. The van der Waals surface area contributed by atoms with Crippen molar-refractivity contribution < 1.29 is 18.3 Å². The Morgan fingerprint density at radius 2 is 2.08 bits per heavy atom. The van der Waals surface area contributed by atoms with Crippen molar-refractivity contribution in [1.29, 1.82) is 0 Å². The van der Waals surface area contributed by atoms with Gasteiger partial charge in [0.25, 0.3) is 0 Å². The van der Waals surface area contributed by atoms with E-state index in [1.807, 2.05) is 0 Å². The number of ether oxygens (including phenoxy) is 1. The molecule has 0 spiro atoms. The highest BCUT2D eigenvalue weighted by Crippen LogP contribution is 2.17. The van der Waals surface area contributed by atoms with E-state index in [2.05, 4.69) is 9.97 Å². The number of hydrogen-bond donors (Lipinski definition) is 0. The second-order valence-corrected chi connectivity index (χ2v) is 5.97. The molecule has 8 nitrogen and oxygen atoms in total. The van der Waals surface area contributed by atoms with Crippen LogP contribution in [0.15, 0.2) is 45.9 Å². The van der Waals surface area contributed by atoms with E-state index in [-0.39, 0.29) is 24.6 Å². The van der Waals surface area contributed by atoms with Gasteiger partial charge in [-0.3, -0.25) is 9.36 Å². The lowest BCUT2D eigenvalue weighted by molar-refractivity contribution is -0.131. The number of aromatic nitrogens is 3. The minimum absolute atomic E-state index is 0.0720. The number of nitrogens with zero attached hydrogens (tertiary/aromatic N) is 4. The summed E-state index contributed by atoms with van der Waals surface area (Å²) in [5.74, 6) is -1.31. The Hall–Kier alpha value is -3.23. The van der Waals surface area contributed by atoms with E-state index < -0.39 is 11.6 Å². The quantitative estimate of drug-likeness (QED) is 0.696. The molecule has 4 rings (SSSR count). The molecule has 0 N–H and O–H groups in total. The minimum atomic E-state index is -0.564. The molecular weight excluding hydrogens is 343 g/mol. The van der Waals surface area contributed by atoms with E-state index in [0.29, 0.717) is 30.6 Å². The zero-order valence-electron chi connectivity index (χ0n) is 13.7. The van der Waals surface area contributed by atoms with Crippen molar-refractivity contribution in [2.24, 2.45) is 0 Å². The molecule has 1 atom stereocenters. The fourth-order valence-electron chi connectivity index (χ4n) is 2.96. The molecule has 0 aliphatic carbocycles. The SMILES string of the molecule is O=C(Cn1c(=O)oc2ccccc21)N1CC[C@@H](Oc2ncc(F)cn2)C1. The van der Waals surface area contributed by atoms with Crippen LogP contribution in [0.4, 0.5) is 4.39 Å². The molecule has 3 aromatic rings. The minimum Gasteiger partial charge on any atom is -0.458 e. The summed E-state index contributed by atoms with van der Waals surface area (Å²) in [5.41, 5.74) is 1.03. The van der Waals surface area contributed by atoms with Crippen LogP contribution in [-0.4, -0.2) is 44.5 Å². The van der Waals surface area contributed by atoms with Crippen molar-refractivity contribution in [2.75, 3.05) is 13.1 Å². The first-order chi connectivity index (χ1) is 12.6. The lowest BCUT2D eigenvalue weighted by Crippen LogP contribution is -2.35. The van der Waals surface area contributed by atoms with Crippen molar-refractivity contribution in [3.8, 4) is 6.01 Å². The highest BCUT2D eigenvalue weighted by molar-refractivity contribution is 5.79. The van der Waals surface area contributed by atoms with Gasteiger partial charge in [-0.2, -0.15) is 0 Å². The lowest BCUT2D eigenvalue weighted by Gasteiger charge is -2.16. The number of fused-ring (bicyclic) bond motifs is 1. The molecule has 1 aromatic carbocycles. The molecule has 1 amide bonds. The van der Waals surface area contributed by atoms with Gasteiger partial charge in [-0.25, -0.2) is 19.2 Å². The van der Waals surface area contributed by atoms with E-state index in [9.17, 15) is 14.0 Å². The average molecular weight is 358 g/mol. The van der Waals surface area contributed by atoms with Gasteiger partial charge >= 0.3 is 11.8 Å². The maximum absolute atomic E-state index is 12.8. The Labute approximate surface area is 146 Å². The van der Waals surface area contributed by atoms with Crippen molar-refractivity contribution in [3.05, 3.63) is 53.0 Å². The van der Waals surface area contributed by atoms with Gasteiger partial charge in [0.05, 0.1) is 24.5 Å². The number of rotatable bonds is 4. The summed E-state index contributed by atoms with van der Waals surface area (Å²) in [4.78, 5) is 33.6. The zero-order chi connectivity index (χ0) is 18.1. The number of benzene rings is 1. The molecule has 2 aromatic heterocycles. The predicted molar refractivity (Wildman–Crippen MR) is 88.1 cm³/mol. The number of hydrogen-bond acceptors (Lipinski definition) is 6. The van der Waals surface area contributed by atoms with Gasteiger partial charge in [0.15, 0.2) is 11.4 Å². The largest absolute Gasteiger partial charge is 0.458 e. The topological polar surface area (TPSA) is 90.5 Å². The van der Waals surface area contributed by atoms with Gasteiger partial charge in [-0.1, -0.05) is 12.1 Å². The Balaban J connectivity index is 1.42. The maximum atomic E-state index is 12.8. The van der Waals surface area contributed by atoms with E-state index in [4.69, 9.17) is 9.15 Å². The first-order valence-electron chi connectivity index (χ1n) is 8.10. The summed E-state index contributed by atoms with van der Waals surface area (Å²) in [6.07, 6.45) is 2.38. The van der Waals surface area contributed by atoms with Gasteiger partial charge in [0.1, 0.15) is 12.6 Å². The van der Waals surface area contributed by atoms with E-state index in [1.165, 1.54) is 4.57 Å². The number of amides is 1. The normalized spacial score (nSPS) is 17.0. The summed E-state index contributed by atoms with van der Waals surface area (Å²) in [7, 11) is 0. The Bertz CT molecular complexity index is 998. The number of carbonyl (C=O) groups is 1. The molecule has 9 heteroatoms. The number of halogens is 1. The third-order valence-corrected chi connectivity index (χ3v) is 4.23. The van der Waals surface area contributed by atoms with Crippen LogP contribution < -0.4 is 10.5 Å². The Kier molecular flexibility index (Phi) is 4.11. The maximum Gasteiger partial charge on any atom is 0.420 e. The van der Waals surface area contributed by atoms with E-state index in [0.717, 1.165) is 12.4 Å². The van der Waals surface area contributed by atoms with Crippen LogP contribution in [-0.2, 0) is 11.3 Å². The second-order valence-electron chi connectivity index (χ2n) is 5.97. The number of para-hydroxylation sites is 2. The molecule has 3 heterocycles. The summed E-state index contributed by atoms with van der Waals surface area (Å²) in [6.45, 7) is 0.745. The van der Waals surface area contributed by atoms with Gasteiger partial charge < -0.3 is 14.1 Å². The molecule has 1 aliphatic heterocycles. The number of oxazole rings is 1. The van der Waals surface area contributed by atoms with Crippen LogP contribution in [0.25, 0.3) is 11.1 Å². The van der Waals surface area contributed by atoms with Crippen molar-refractivity contribution >= 4 is 17.0 Å². The van der Waals surface area contributed by atoms with Gasteiger partial charge in [0, 0.05) is 13.0 Å². The van der Waals surface area contributed by atoms with E-state index >= 15 is 0 Å². The molecule has 0 bridgehead atoms. The highest BCUT2D eigenvalue weighted by Gasteiger charge is 2.29. The molecule has 1 aliphatic rings. The summed E-state index contributed by atoms with van der Waals surface area (Å²) >= 11 is 0. The zero-order valence-corrected chi connectivity index (χ0v) is 13.7. The number of likely N-dealkylation sites (tertiary alicyclic amines) is 1. The second kappa shape index (κ2) is 6.58. The Morgan fingerprint density at radius 1 is 1.31 bits per heavy atom. The standard InChI is InChI=1S/C17H15FN4O4/c18-11-7-19-16(20-8-11)25-12-5-6-21(9-12)15(23)10-22-13-3-1-2-4-14(13)26-17(22)24/h1-4,7-8,12H,5-6,9-10H2/t12-/m1/s1.